The Labute approximate surface area is 157 Å². The molecule has 0 spiro atoms. The molecule has 0 bridgehead atoms. The summed E-state index contributed by atoms with van der Waals surface area (Å²) in [4.78, 5) is 13.3. The quantitative estimate of drug-likeness (QED) is 0.805. The normalized spacial score (nSPS) is 17.5. The van der Waals surface area contributed by atoms with Gasteiger partial charge in [0, 0.05) is 13.1 Å². The molecule has 0 saturated carbocycles. The molecule has 1 saturated heterocycles. The molecule has 0 radical (unpaired) electrons. The molecule has 0 aromatic heterocycles. The second-order valence-electron chi connectivity index (χ2n) is 6.35. The van der Waals surface area contributed by atoms with E-state index in [9.17, 15) is 9.18 Å². The number of benzene rings is 2. The summed E-state index contributed by atoms with van der Waals surface area (Å²) in [7, 11) is 1.54. The van der Waals surface area contributed by atoms with Gasteiger partial charge in [0.1, 0.15) is 5.82 Å². The van der Waals surface area contributed by atoms with Gasteiger partial charge in [0.25, 0.3) is 5.91 Å². The Bertz CT molecular complexity index is 782. The van der Waals surface area contributed by atoms with Crippen LogP contribution in [-0.2, 0) is 16.1 Å². The third-order valence-corrected chi connectivity index (χ3v) is 4.48. The van der Waals surface area contributed by atoms with Gasteiger partial charge < -0.3 is 19.9 Å². The van der Waals surface area contributed by atoms with Crippen LogP contribution in [0.3, 0.4) is 0 Å². The number of nitrogens with two attached hydrogens (primary N) is 1. The molecule has 1 unspecified atom stereocenters. The zero-order chi connectivity index (χ0) is 19.2. The van der Waals surface area contributed by atoms with Gasteiger partial charge in [0.15, 0.2) is 18.1 Å². The molecule has 2 N–H and O–H groups in total. The van der Waals surface area contributed by atoms with Crippen molar-refractivity contribution in [3.05, 3.63) is 59.4 Å². The molecule has 1 heterocycles. The van der Waals surface area contributed by atoms with Crippen LogP contribution in [0.25, 0.3) is 0 Å². The number of hydrogen-bond acceptors (Lipinski definition) is 5. The van der Waals surface area contributed by atoms with Gasteiger partial charge in [-0.3, -0.25) is 9.69 Å². The first kappa shape index (κ1) is 19.1. The van der Waals surface area contributed by atoms with Crippen LogP contribution in [0.1, 0.15) is 17.2 Å². The maximum atomic E-state index is 13.2. The van der Waals surface area contributed by atoms with E-state index in [1.807, 2.05) is 12.1 Å². The lowest BCUT2D eigenvalue weighted by molar-refractivity contribution is -0.119. The van der Waals surface area contributed by atoms with Crippen LogP contribution in [0, 0.1) is 5.82 Å². The van der Waals surface area contributed by atoms with Gasteiger partial charge in [-0.15, -0.1) is 0 Å². The van der Waals surface area contributed by atoms with Gasteiger partial charge in [-0.05, 0) is 35.4 Å². The number of carbonyl (C=O) groups excluding carboxylic acids is 1. The Hall–Kier alpha value is -2.64. The molecule has 1 fully saturated rings. The number of hydrogen-bond donors (Lipinski definition) is 1. The van der Waals surface area contributed by atoms with Crippen LogP contribution in [0.2, 0.25) is 0 Å². The molecular formula is C20H23FN2O4. The average Bonchev–Trinajstić information content (AvgIpc) is 2.68. The first-order chi connectivity index (χ1) is 13.1. The van der Waals surface area contributed by atoms with Gasteiger partial charge in [-0.2, -0.15) is 0 Å². The minimum Gasteiger partial charge on any atom is -0.493 e. The highest BCUT2D eigenvalue weighted by Crippen LogP contribution is 2.31. The van der Waals surface area contributed by atoms with Gasteiger partial charge in [-0.25, -0.2) is 4.39 Å². The standard InChI is InChI=1S/C20H23FN2O4/c1-25-18-7-2-14(10-19(18)27-13-20(22)24)11-23-8-9-26-12-17(23)15-3-5-16(21)6-4-15/h2-7,10,17H,8-9,11-13H2,1H3,(H2,22,24). The first-order valence-electron chi connectivity index (χ1n) is 8.72. The third kappa shape index (κ3) is 4.96. The van der Waals surface area contributed by atoms with Crippen LogP contribution in [0.4, 0.5) is 4.39 Å². The molecule has 1 amide bonds. The Morgan fingerprint density at radius 2 is 2.04 bits per heavy atom. The zero-order valence-corrected chi connectivity index (χ0v) is 15.2. The Balaban J connectivity index is 1.78. The summed E-state index contributed by atoms with van der Waals surface area (Å²) in [5.74, 6) is 0.206. The minimum atomic E-state index is -0.549. The lowest BCUT2D eigenvalue weighted by Gasteiger charge is -2.36. The fraction of sp³-hybridized carbons (Fsp3) is 0.350. The van der Waals surface area contributed by atoms with Crippen molar-refractivity contribution in [3.8, 4) is 11.5 Å². The zero-order valence-electron chi connectivity index (χ0n) is 15.2. The molecular weight excluding hydrogens is 351 g/mol. The molecule has 7 heteroatoms. The number of halogens is 1. The second kappa shape index (κ2) is 8.83. The number of primary amides is 1. The summed E-state index contributed by atoms with van der Waals surface area (Å²) in [5.41, 5.74) is 7.17. The van der Waals surface area contributed by atoms with Crippen LogP contribution < -0.4 is 15.2 Å². The number of morpholine rings is 1. The maximum absolute atomic E-state index is 13.2. The van der Waals surface area contributed by atoms with E-state index in [4.69, 9.17) is 19.9 Å². The van der Waals surface area contributed by atoms with E-state index < -0.39 is 5.91 Å². The molecule has 0 aliphatic carbocycles. The predicted molar refractivity (Wildman–Crippen MR) is 98.1 cm³/mol. The van der Waals surface area contributed by atoms with E-state index >= 15 is 0 Å². The lowest BCUT2D eigenvalue weighted by atomic mass is 10.0. The SMILES string of the molecule is COc1ccc(CN2CCOCC2c2ccc(F)cc2)cc1OCC(N)=O. The third-order valence-electron chi connectivity index (χ3n) is 4.48. The van der Waals surface area contributed by atoms with Crippen molar-refractivity contribution in [2.75, 3.05) is 33.5 Å². The molecule has 144 valence electrons. The molecule has 1 atom stereocenters. The van der Waals surface area contributed by atoms with Crippen LogP contribution in [0.15, 0.2) is 42.5 Å². The number of rotatable bonds is 7. The fourth-order valence-corrected chi connectivity index (χ4v) is 3.13. The molecule has 2 aromatic carbocycles. The van der Waals surface area contributed by atoms with E-state index in [0.29, 0.717) is 31.3 Å². The summed E-state index contributed by atoms with van der Waals surface area (Å²) in [6.45, 7) is 2.38. The number of methoxy groups -OCH3 is 1. The Morgan fingerprint density at radius 1 is 1.26 bits per heavy atom. The molecule has 2 aromatic rings. The summed E-state index contributed by atoms with van der Waals surface area (Å²) < 4.78 is 29.6. The largest absolute Gasteiger partial charge is 0.493 e. The van der Waals surface area contributed by atoms with Gasteiger partial charge >= 0.3 is 0 Å². The number of ether oxygens (including phenoxy) is 3. The van der Waals surface area contributed by atoms with Gasteiger partial charge in [-0.1, -0.05) is 18.2 Å². The van der Waals surface area contributed by atoms with Crippen LogP contribution in [-0.4, -0.2) is 44.3 Å². The summed E-state index contributed by atoms with van der Waals surface area (Å²) >= 11 is 0. The molecule has 1 aliphatic rings. The first-order valence-corrected chi connectivity index (χ1v) is 8.72. The molecule has 6 nitrogen and oxygen atoms in total. The smallest absolute Gasteiger partial charge is 0.255 e. The minimum absolute atomic E-state index is 0.0384. The predicted octanol–water partition coefficient (Wildman–Crippen LogP) is 2.27. The Morgan fingerprint density at radius 3 is 2.74 bits per heavy atom. The number of nitrogens with zero attached hydrogens (tertiary/aromatic N) is 1. The van der Waals surface area contributed by atoms with Crippen molar-refractivity contribution in [2.45, 2.75) is 12.6 Å². The molecule has 27 heavy (non-hydrogen) atoms. The van der Waals surface area contributed by atoms with E-state index in [0.717, 1.165) is 17.7 Å². The summed E-state index contributed by atoms with van der Waals surface area (Å²) in [6, 6.07) is 12.1. The fourth-order valence-electron chi connectivity index (χ4n) is 3.13. The highest BCUT2D eigenvalue weighted by molar-refractivity contribution is 5.75. The van der Waals surface area contributed by atoms with Crippen molar-refractivity contribution in [1.82, 2.24) is 4.90 Å². The summed E-state index contributed by atoms with van der Waals surface area (Å²) in [6.07, 6.45) is 0. The number of carbonyl (C=O) groups is 1. The number of amides is 1. The highest BCUT2D eigenvalue weighted by atomic mass is 19.1. The van der Waals surface area contributed by atoms with Gasteiger partial charge in [0.05, 0.1) is 26.4 Å². The van der Waals surface area contributed by atoms with Crippen LogP contribution >= 0.6 is 0 Å². The molecule has 3 rings (SSSR count). The highest BCUT2D eigenvalue weighted by Gasteiger charge is 2.25. The van der Waals surface area contributed by atoms with Crippen molar-refractivity contribution >= 4 is 5.91 Å². The topological polar surface area (TPSA) is 74.0 Å². The second-order valence-corrected chi connectivity index (χ2v) is 6.35. The van der Waals surface area contributed by atoms with Crippen molar-refractivity contribution < 1.29 is 23.4 Å². The van der Waals surface area contributed by atoms with Crippen molar-refractivity contribution in [3.63, 3.8) is 0 Å². The average molecular weight is 374 g/mol. The van der Waals surface area contributed by atoms with E-state index in [-0.39, 0.29) is 18.5 Å². The Kier molecular flexibility index (Phi) is 6.26. The monoisotopic (exact) mass is 374 g/mol. The van der Waals surface area contributed by atoms with E-state index in [2.05, 4.69) is 4.90 Å². The van der Waals surface area contributed by atoms with Crippen LogP contribution in [0.5, 0.6) is 11.5 Å². The lowest BCUT2D eigenvalue weighted by Crippen LogP contribution is -2.39. The van der Waals surface area contributed by atoms with E-state index in [1.165, 1.54) is 12.1 Å². The maximum Gasteiger partial charge on any atom is 0.255 e. The van der Waals surface area contributed by atoms with Gasteiger partial charge in [0.2, 0.25) is 0 Å². The molecule has 1 aliphatic heterocycles. The van der Waals surface area contributed by atoms with Crippen molar-refractivity contribution in [1.29, 1.82) is 0 Å². The van der Waals surface area contributed by atoms with Crippen molar-refractivity contribution in [2.24, 2.45) is 5.73 Å². The summed E-state index contributed by atoms with van der Waals surface area (Å²) in [5, 5.41) is 0. The van der Waals surface area contributed by atoms with E-state index in [1.54, 1.807) is 25.3 Å².